The Morgan fingerprint density at radius 2 is 1.75 bits per heavy atom. The molecule has 0 aromatic heterocycles. The molecule has 2 aliphatic rings. The molecule has 84 valence electrons. The molecule has 1 aromatic carbocycles. The predicted octanol–water partition coefficient (Wildman–Crippen LogP) is 4.62. The lowest BCUT2D eigenvalue weighted by Gasteiger charge is -2.26. The van der Waals surface area contributed by atoms with E-state index in [1.807, 2.05) is 0 Å². The van der Waals surface area contributed by atoms with E-state index in [0.717, 1.165) is 0 Å². The maximum absolute atomic E-state index is 2.48. The molecule has 0 amide bonds. The fourth-order valence-electron chi connectivity index (χ4n) is 2.80. The largest absolute Gasteiger partial charge is 0.287 e. The molecule has 1 nitrogen and oxygen atoms in total. The van der Waals surface area contributed by atoms with E-state index in [9.17, 15) is 0 Å². The minimum Gasteiger partial charge on any atom is -0.287 e. The Balaban J connectivity index is 2.05. The molecule has 0 unspecified atom stereocenters. The zero-order valence-corrected chi connectivity index (χ0v) is 11.5. The van der Waals surface area contributed by atoms with Gasteiger partial charge in [-0.2, -0.15) is 0 Å². The molecule has 0 spiro atoms. The maximum Gasteiger partial charge on any atom is 0.0643 e. The van der Waals surface area contributed by atoms with E-state index in [-0.39, 0.29) is 0 Å². The zero-order valence-electron chi connectivity index (χ0n) is 9.38. The Labute approximate surface area is 111 Å². The van der Waals surface area contributed by atoms with Crippen molar-refractivity contribution in [2.45, 2.75) is 38.5 Å². The summed E-state index contributed by atoms with van der Waals surface area (Å²) in [7, 11) is 0. The second-order valence-electron chi connectivity index (χ2n) is 4.67. The van der Waals surface area contributed by atoms with Crippen LogP contribution in [-0.2, 0) is 6.42 Å². The number of anilines is 1. The standard InChI is InChI=1S/C14H16IN/c15-16-13-7-3-1-5-11(13)9-10-12-6-2-4-8-14(12)16/h1,3,5,7H,2,4,6,8-10H2. The molecule has 0 saturated carbocycles. The molecule has 1 aliphatic heterocycles. The number of hydrogen-bond donors (Lipinski definition) is 0. The van der Waals surface area contributed by atoms with E-state index in [2.05, 4.69) is 50.2 Å². The van der Waals surface area contributed by atoms with Crippen LogP contribution in [0.5, 0.6) is 0 Å². The van der Waals surface area contributed by atoms with Crippen molar-refractivity contribution in [3.05, 3.63) is 41.1 Å². The van der Waals surface area contributed by atoms with E-state index >= 15 is 0 Å². The summed E-state index contributed by atoms with van der Waals surface area (Å²) < 4.78 is 2.41. The van der Waals surface area contributed by atoms with Gasteiger partial charge in [-0.25, -0.2) is 0 Å². The molecule has 3 rings (SSSR count). The Morgan fingerprint density at radius 1 is 0.938 bits per heavy atom. The van der Waals surface area contributed by atoms with Crippen LogP contribution in [0.4, 0.5) is 5.69 Å². The van der Waals surface area contributed by atoms with Gasteiger partial charge in [0.15, 0.2) is 0 Å². The van der Waals surface area contributed by atoms with Crippen molar-refractivity contribution in [3.8, 4) is 0 Å². The Kier molecular flexibility index (Phi) is 2.92. The van der Waals surface area contributed by atoms with E-state index in [1.165, 1.54) is 49.8 Å². The summed E-state index contributed by atoms with van der Waals surface area (Å²) >= 11 is 2.48. The first-order valence-electron chi connectivity index (χ1n) is 6.11. The van der Waals surface area contributed by atoms with Crippen LogP contribution in [0.2, 0.25) is 0 Å². The van der Waals surface area contributed by atoms with Crippen molar-refractivity contribution < 1.29 is 0 Å². The average Bonchev–Trinajstić information content (AvgIpc) is 2.49. The summed E-state index contributed by atoms with van der Waals surface area (Å²) in [5.74, 6) is 0. The van der Waals surface area contributed by atoms with Gasteiger partial charge >= 0.3 is 0 Å². The van der Waals surface area contributed by atoms with Crippen LogP contribution in [0.1, 0.15) is 37.7 Å². The third kappa shape index (κ3) is 1.77. The Morgan fingerprint density at radius 3 is 2.69 bits per heavy atom. The average molecular weight is 325 g/mol. The van der Waals surface area contributed by atoms with Crippen LogP contribution < -0.4 is 3.11 Å². The van der Waals surface area contributed by atoms with Gasteiger partial charge < -0.3 is 0 Å². The molecule has 2 heteroatoms. The Bertz CT molecular complexity index is 436. The van der Waals surface area contributed by atoms with Crippen molar-refractivity contribution >= 4 is 28.6 Å². The molecule has 0 atom stereocenters. The van der Waals surface area contributed by atoms with Gasteiger partial charge in [0.25, 0.3) is 0 Å². The molecule has 1 aliphatic carbocycles. The molecule has 0 saturated heterocycles. The first-order valence-corrected chi connectivity index (χ1v) is 7.07. The number of benzene rings is 1. The van der Waals surface area contributed by atoms with Crippen molar-refractivity contribution in [2.75, 3.05) is 3.11 Å². The van der Waals surface area contributed by atoms with Crippen LogP contribution in [0.25, 0.3) is 0 Å². The molecular weight excluding hydrogens is 309 g/mol. The fourth-order valence-corrected chi connectivity index (χ4v) is 3.86. The normalized spacial score (nSPS) is 20.2. The molecular formula is C14H16IN. The van der Waals surface area contributed by atoms with Crippen molar-refractivity contribution in [2.24, 2.45) is 0 Å². The quantitative estimate of drug-likeness (QED) is 0.497. The number of allylic oxidation sites excluding steroid dienone is 2. The number of fused-ring (bicyclic) bond motifs is 1. The van der Waals surface area contributed by atoms with E-state index in [0.29, 0.717) is 0 Å². The fraction of sp³-hybridized carbons (Fsp3) is 0.429. The van der Waals surface area contributed by atoms with Crippen molar-refractivity contribution in [1.29, 1.82) is 0 Å². The topological polar surface area (TPSA) is 3.24 Å². The molecule has 16 heavy (non-hydrogen) atoms. The van der Waals surface area contributed by atoms with Crippen LogP contribution in [0.3, 0.4) is 0 Å². The third-order valence-electron chi connectivity index (χ3n) is 3.69. The van der Waals surface area contributed by atoms with E-state index in [4.69, 9.17) is 0 Å². The van der Waals surface area contributed by atoms with Crippen LogP contribution in [0.15, 0.2) is 35.5 Å². The van der Waals surface area contributed by atoms with Gasteiger partial charge in [0.1, 0.15) is 0 Å². The molecule has 0 N–H and O–H groups in total. The van der Waals surface area contributed by atoms with Crippen molar-refractivity contribution in [1.82, 2.24) is 0 Å². The van der Waals surface area contributed by atoms with Crippen LogP contribution >= 0.6 is 22.9 Å². The minimum atomic E-state index is 1.22. The van der Waals surface area contributed by atoms with Gasteiger partial charge in [0.2, 0.25) is 0 Å². The number of aryl methyl sites for hydroxylation is 1. The number of para-hydroxylation sites is 1. The molecule has 1 heterocycles. The second kappa shape index (κ2) is 4.40. The molecule has 0 bridgehead atoms. The lowest BCUT2D eigenvalue weighted by atomic mass is 9.93. The highest BCUT2D eigenvalue weighted by Gasteiger charge is 2.22. The van der Waals surface area contributed by atoms with Gasteiger partial charge in [-0.3, -0.25) is 3.11 Å². The predicted molar refractivity (Wildman–Crippen MR) is 76.8 cm³/mol. The number of rotatable bonds is 0. The smallest absolute Gasteiger partial charge is 0.0643 e. The monoisotopic (exact) mass is 325 g/mol. The lowest BCUT2D eigenvalue weighted by Crippen LogP contribution is -2.13. The second-order valence-corrected chi connectivity index (χ2v) is 5.63. The highest BCUT2D eigenvalue weighted by atomic mass is 127. The van der Waals surface area contributed by atoms with Gasteiger partial charge in [-0.05, 0) is 55.7 Å². The molecule has 1 aromatic rings. The summed E-state index contributed by atoms with van der Waals surface area (Å²) in [6.45, 7) is 0. The van der Waals surface area contributed by atoms with E-state index in [1.54, 1.807) is 11.3 Å². The summed E-state index contributed by atoms with van der Waals surface area (Å²) in [5.41, 5.74) is 6.22. The highest BCUT2D eigenvalue weighted by Crippen LogP contribution is 2.40. The van der Waals surface area contributed by atoms with E-state index < -0.39 is 0 Å². The summed E-state index contributed by atoms with van der Waals surface area (Å²) in [5, 5.41) is 0. The zero-order chi connectivity index (χ0) is 11.0. The first kappa shape index (κ1) is 10.6. The summed E-state index contributed by atoms with van der Waals surface area (Å²) in [6.07, 6.45) is 7.83. The van der Waals surface area contributed by atoms with Gasteiger partial charge in [-0.1, -0.05) is 18.2 Å². The van der Waals surface area contributed by atoms with Crippen LogP contribution in [0, 0.1) is 0 Å². The SMILES string of the molecule is IN1C2=C(CCCC2)CCc2ccccc21. The number of nitrogens with zero attached hydrogens (tertiary/aromatic N) is 1. The Hall–Kier alpha value is -0.510. The first-order chi connectivity index (χ1) is 7.86. The van der Waals surface area contributed by atoms with Gasteiger partial charge in [0, 0.05) is 5.70 Å². The summed E-state index contributed by atoms with van der Waals surface area (Å²) in [6, 6.07) is 8.85. The lowest BCUT2D eigenvalue weighted by molar-refractivity contribution is 0.650. The number of hydrogen-bond acceptors (Lipinski definition) is 1. The van der Waals surface area contributed by atoms with Gasteiger partial charge in [-0.15, -0.1) is 0 Å². The maximum atomic E-state index is 2.48. The highest BCUT2D eigenvalue weighted by molar-refractivity contribution is 14.1. The third-order valence-corrected chi connectivity index (χ3v) is 4.79. The minimum absolute atomic E-state index is 1.22. The molecule has 0 fully saturated rings. The van der Waals surface area contributed by atoms with Crippen molar-refractivity contribution in [3.63, 3.8) is 0 Å². The number of halogens is 1. The molecule has 0 radical (unpaired) electrons. The van der Waals surface area contributed by atoms with Crippen LogP contribution in [-0.4, -0.2) is 0 Å². The summed E-state index contributed by atoms with van der Waals surface area (Å²) in [4.78, 5) is 0. The van der Waals surface area contributed by atoms with Gasteiger partial charge in [0.05, 0.1) is 28.6 Å².